The molecule has 0 aromatic rings. The predicted octanol–water partition coefficient (Wildman–Crippen LogP) is 0.338. The van der Waals surface area contributed by atoms with Gasteiger partial charge < -0.3 is 0 Å². The fourth-order valence-corrected chi connectivity index (χ4v) is 1.85. The Hall–Kier alpha value is -0.780. The van der Waals surface area contributed by atoms with Gasteiger partial charge in [0.05, 0.1) is 6.54 Å². The summed E-state index contributed by atoms with van der Waals surface area (Å²) in [5.41, 5.74) is 0. The van der Waals surface area contributed by atoms with E-state index in [1.54, 1.807) is 0 Å². The Morgan fingerprint density at radius 3 is 2.33 bits per heavy atom. The number of rotatable bonds is 5. The van der Waals surface area contributed by atoms with E-state index in [1.165, 1.54) is 11.6 Å². The Bertz CT molecular complexity index is 331. The summed E-state index contributed by atoms with van der Waals surface area (Å²) in [6.45, 7) is -0.373. The van der Waals surface area contributed by atoms with Crippen molar-refractivity contribution < 1.29 is 21.6 Å². The molecule has 0 bridgehead atoms. The lowest BCUT2D eigenvalue weighted by Gasteiger charge is -2.18. The average molecular weight is 244 g/mol. The molecule has 0 amide bonds. The van der Waals surface area contributed by atoms with Gasteiger partial charge in [-0.2, -0.15) is 30.6 Å². The quantitative estimate of drug-likeness (QED) is 0.709. The molecule has 0 atom stereocenters. The molecule has 0 aromatic heterocycles. The van der Waals surface area contributed by atoms with Crippen LogP contribution in [0, 0.1) is 12.3 Å². The van der Waals surface area contributed by atoms with Crippen molar-refractivity contribution in [1.29, 1.82) is 0 Å². The SMILES string of the molecule is C#CCN(CC)S(=O)(=O)NCC(F)(F)F. The third kappa shape index (κ3) is 5.61. The van der Waals surface area contributed by atoms with E-state index in [0.29, 0.717) is 0 Å². The summed E-state index contributed by atoms with van der Waals surface area (Å²) in [7, 11) is -4.15. The first-order chi connectivity index (χ1) is 6.73. The fourth-order valence-electron chi connectivity index (χ4n) is 0.733. The number of terminal acetylenes is 1. The Labute approximate surface area is 86.6 Å². The van der Waals surface area contributed by atoms with Gasteiger partial charge in [-0.05, 0) is 0 Å². The second-order valence-corrected chi connectivity index (χ2v) is 4.33. The van der Waals surface area contributed by atoms with Crippen molar-refractivity contribution in [3.63, 3.8) is 0 Å². The first-order valence-corrected chi connectivity index (χ1v) is 5.42. The molecular formula is C7H11F3N2O2S. The molecule has 1 N–H and O–H groups in total. The Balaban J connectivity index is 4.48. The zero-order valence-electron chi connectivity index (χ0n) is 8.00. The van der Waals surface area contributed by atoms with Crippen LogP contribution in [0.25, 0.3) is 0 Å². The summed E-state index contributed by atoms with van der Waals surface area (Å²) >= 11 is 0. The molecule has 0 fully saturated rings. The summed E-state index contributed by atoms with van der Waals surface area (Å²) in [5.74, 6) is 2.05. The fraction of sp³-hybridized carbons (Fsp3) is 0.714. The number of nitrogens with one attached hydrogen (secondary N) is 1. The monoisotopic (exact) mass is 244 g/mol. The van der Waals surface area contributed by atoms with E-state index < -0.39 is 22.9 Å². The van der Waals surface area contributed by atoms with Crippen LogP contribution in [0.2, 0.25) is 0 Å². The number of alkyl halides is 3. The molecular weight excluding hydrogens is 233 g/mol. The summed E-state index contributed by atoms with van der Waals surface area (Å²) < 4.78 is 59.8. The normalized spacial score (nSPS) is 12.8. The van der Waals surface area contributed by atoms with Crippen molar-refractivity contribution in [2.45, 2.75) is 13.1 Å². The van der Waals surface area contributed by atoms with Crippen molar-refractivity contribution in [3.05, 3.63) is 0 Å². The molecule has 0 rings (SSSR count). The van der Waals surface area contributed by atoms with Gasteiger partial charge in [0.25, 0.3) is 10.2 Å². The van der Waals surface area contributed by atoms with Crippen molar-refractivity contribution in [3.8, 4) is 12.3 Å². The van der Waals surface area contributed by atoms with Crippen LogP contribution in [0.3, 0.4) is 0 Å². The topological polar surface area (TPSA) is 49.4 Å². The van der Waals surface area contributed by atoms with Crippen LogP contribution >= 0.6 is 0 Å². The molecule has 0 aliphatic rings. The Morgan fingerprint density at radius 2 is 2.00 bits per heavy atom. The van der Waals surface area contributed by atoms with Crippen LogP contribution in [0.15, 0.2) is 0 Å². The van der Waals surface area contributed by atoms with E-state index in [-0.39, 0.29) is 13.1 Å². The van der Waals surface area contributed by atoms with Gasteiger partial charge >= 0.3 is 6.18 Å². The lowest BCUT2D eigenvalue weighted by Crippen LogP contribution is -2.44. The second-order valence-electron chi connectivity index (χ2n) is 2.57. The third-order valence-corrected chi connectivity index (χ3v) is 2.99. The number of halogens is 3. The molecule has 0 heterocycles. The summed E-state index contributed by atoms with van der Waals surface area (Å²) in [4.78, 5) is 0. The van der Waals surface area contributed by atoms with Crippen LogP contribution in [0.5, 0.6) is 0 Å². The number of hydrogen-bond acceptors (Lipinski definition) is 2. The maximum atomic E-state index is 11.8. The highest BCUT2D eigenvalue weighted by atomic mass is 32.2. The zero-order chi connectivity index (χ0) is 12.1. The van der Waals surface area contributed by atoms with Gasteiger partial charge in [-0.1, -0.05) is 12.8 Å². The molecule has 0 saturated heterocycles. The van der Waals surface area contributed by atoms with Crippen LogP contribution < -0.4 is 4.72 Å². The minimum Gasteiger partial charge on any atom is -0.195 e. The molecule has 8 heteroatoms. The minimum atomic E-state index is -4.58. The average Bonchev–Trinajstić information content (AvgIpc) is 2.10. The van der Waals surface area contributed by atoms with Crippen LogP contribution in [-0.2, 0) is 10.2 Å². The third-order valence-electron chi connectivity index (χ3n) is 1.42. The summed E-state index contributed by atoms with van der Waals surface area (Å²) in [6, 6.07) is 0. The van der Waals surface area contributed by atoms with E-state index in [2.05, 4.69) is 0 Å². The maximum absolute atomic E-state index is 11.8. The molecule has 4 nitrogen and oxygen atoms in total. The van der Waals surface area contributed by atoms with Crippen molar-refractivity contribution in [2.24, 2.45) is 0 Å². The van der Waals surface area contributed by atoms with Gasteiger partial charge in [0.2, 0.25) is 0 Å². The molecule has 0 radical (unpaired) electrons. The highest BCUT2D eigenvalue weighted by Crippen LogP contribution is 2.13. The molecule has 88 valence electrons. The van der Waals surface area contributed by atoms with Gasteiger partial charge in [0.15, 0.2) is 0 Å². The number of nitrogens with zero attached hydrogens (tertiary/aromatic N) is 1. The van der Waals surface area contributed by atoms with Gasteiger partial charge in [0.1, 0.15) is 6.54 Å². The minimum absolute atomic E-state index is 0.0113. The zero-order valence-corrected chi connectivity index (χ0v) is 8.82. The molecule has 0 aliphatic carbocycles. The van der Waals surface area contributed by atoms with E-state index >= 15 is 0 Å². The van der Waals surface area contributed by atoms with Crippen molar-refractivity contribution >= 4 is 10.2 Å². The molecule has 15 heavy (non-hydrogen) atoms. The van der Waals surface area contributed by atoms with Gasteiger partial charge in [-0.25, -0.2) is 0 Å². The van der Waals surface area contributed by atoms with Crippen molar-refractivity contribution in [1.82, 2.24) is 9.03 Å². The maximum Gasteiger partial charge on any atom is 0.402 e. The second kappa shape index (κ2) is 5.34. The van der Waals surface area contributed by atoms with E-state index in [1.807, 2.05) is 5.92 Å². The smallest absolute Gasteiger partial charge is 0.195 e. The lowest BCUT2D eigenvalue weighted by molar-refractivity contribution is -0.121. The van der Waals surface area contributed by atoms with Crippen LogP contribution in [0.4, 0.5) is 13.2 Å². The molecule has 0 spiro atoms. The van der Waals surface area contributed by atoms with Crippen LogP contribution in [0.1, 0.15) is 6.92 Å². The standard InChI is InChI=1S/C7H11F3N2O2S/c1-3-5-12(4-2)15(13,14)11-6-7(8,9)10/h1,11H,4-6H2,2H3. The highest BCUT2D eigenvalue weighted by molar-refractivity contribution is 7.87. The summed E-state index contributed by atoms with van der Waals surface area (Å²) in [6.07, 6.45) is 0.297. The Morgan fingerprint density at radius 1 is 1.47 bits per heavy atom. The number of hydrogen-bond donors (Lipinski definition) is 1. The largest absolute Gasteiger partial charge is 0.402 e. The van der Waals surface area contributed by atoms with E-state index in [0.717, 1.165) is 4.31 Å². The lowest BCUT2D eigenvalue weighted by atomic mass is 10.6. The van der Waals surface area contributed by atoms with Gasteiger partial charge in [-0.3, -0.25) is 0 Å². The van der Waals surface area contributed by atoms with Crippen molar-refractivity contribution in [2.75, 3.05) is 19.6 Å². The molecule has 0 aromatic carbocycles. The van der Waals surface area contributed by atoms with E-state index in [4.69, 9.17) is 6.42 Å². The van der Waals surface area contributed by atoms with Gasteiger partial charge in [-0.15, -0.1) is 6.42 Å². The Kier molecular flexibility index (Phi) is 5.07. The summed E-state index contributed by atoms with van der Waals surface area (Å²) in [5, 5.41) is 0. The highest BCUT2D eigenvalue weighted by Gasteiger charge is 2.31. The predicted molar refractivity (Wildman–Crippen MR) is 49.1 cm³/mol. The van der Waals surface area contributed by atoms with E-state index in [9.17, 15) is 21.6 Å². The molecule has 0 saturated carbocycles. The molecule has 0 unspecified atom stereocenters. The first-order valence-electron chi connectivity index (χ1n) is 3.98. The molecule has 0 aliphatic heterocycles. The first kappa shape index (κ1) is 14.2. The van der Waals surface area contributed by atoms with Gasteiger partial charge in [0, 0.05) is 6.54 Å². The van der Waals surface area contributed by atoms with Crippen LogP contribution in [-0.4, -0.2) is 38.5 Å².